The van der Waals surface area contributed by atoms with Crippen molar-refractivity contribution in [1.82, 2.24) is 0 Å². The van der Waals surface area contributed by atoms with E-state index in [1.54, 1.807) is 0 Å². The summed E-state index contributed by atoms with van der Waals surface area (Å²) in [6.07, 6.45) is 1.98. The molecule has 78 valence electrons. The third-order valence-corrected chi connectivity index (χ3v) is 3.73. The normalized spacial score (nSPS) is 11.4. The monoisotopic (exact) mass is 211 g/mol. The smallest absolute Gasteiger partial charge is 0.160 e. The standard InChI is InChI=1S/C11H17NOS/c1-5-11(2,3)12(4)9-6-10(7-13)14-8-9/h6-8H,5H2,1-4H3. The quantitative estimate of drug-likeness (QED) is 0.713. The molecule has 0 atom stereocenters. The molecule has 0 saturated carbocycles. The molecular weight excluding hydrogens is 194 g/mol. The Hall–Kier alpha value is -0.830. The van der Waals surface area contributed by atoms with Gasteiger partial charge in [0.15, 0.2) is 6.29 Å². The lowest BCUT2D eigenvalue weighted by Gasteiger charge is -2.36. The second-order valence-electron chi connectivity index (χ2n) is 4.05. The lowest BCUT2D eigenvalue weighted by molar-refractivity contribution is 0.112. The maximum Gasteiger partial charge on any atom is 0.160 e. The van der Waals surface area contributed by atoms with Crippen molar-refractivity contribution in [1.29, 1.82) is 0 Å². The highest BCUT2D eigenvalue weighted by atomic mass is 32.1. The molecule has 0 aliphatic carbocycles. The molecule has 0 aromatic carbocycles. The Morgan fingerprint density at radius 3 is 2.64 bits per heavy atom. The Morgan fingerprint density at radius 1 is 1.57 bits per heavy atom. The van der Waals surface area contributed by atoms with Crippen LogP contribution in [0.5, 0.6) is 0 Å². The highest BCUT2D eigenvalue weighted by molar-refractivity contribution is 7.12. The molecule has 0 bridgehead atoms. The molecule has 2 nitrogen and oxygen atoms in total. The van der Waals surface area contributed by atoms with Gasteiger partial charge in [-0.3, -0.25) is 4.79 Å². The van der Waals surface area contributed by atoms with E-state index in [1.165, 1.54) is 11.3 Å². The molecule has 1 aromatic rings. The van der Waals surface area contributed by atoms with Crippen LogP contribution in [0, 0.1) is 0 Å². The number of carbonyl (C=O) groups excluding carboxylic acids is 1. The van der Waals surface area contributed by atoms with Gasteiger partial charge in [0.1, 0.15) is 0 Å². The second-order valence-corrected chi connectivity index (χ2v) is 4.99. The summed E-state index contributed by atoms with van der Waals surface area (Å²) in [5, 5.41) is 2.03. The van der Waals surface area contributed by atoms with Gasteiger partial charge in [0, 0.05) is 23.7 Å². The molecule has 0 saturated heterocycles. The van der Waals surface area contributed by atoms with E-state index >= 15 is 0 Å². The van der Waals surface area contributed by atoms with Crippen molar-refractivity contribution in [2.24, 2.45) is 0 Å². The third kappa shape index (κ3) is 2.15. The summed E-state index contributed by atoms with van der Waals surface area (Å²) >= 11 is 1.49. The van der Waals surface area contributed by atoms with Crippen LogP contribution in [0.15, 0.2) is 11.4 Å². The van der Waals surface area contributed by atoms with Gasteiger partial charge in [-0.05, 0) is 26.3 Å². The van der Waals surface area contributed by atoms with Crippen molar-refractivity contribution in [3.8, 4) is 0 Å². The fraction of sp³-hybridized carbons (Fsp3) is 0.545. The largest absolute Gasteiger partial charge is 0.369 e. The molecule has 0 aliphatic heterocycles. The van der Waals surface area contributed by atoms with Gasteiger partial charge in [0.05, 0.1) is 4.88 Å². The van der Waals surface area contributed by atoms with Gasteiger partial charge in [-0.15, -0.1) is 11.3 Å². The van der Waals surface area contributed by atoms with Crippen molar-refractivity contribution in [2.75, 3.05) is 11.9 Å². The van der Waals surface area contributed by atoms with E-state index in [4.69, 9.17) is 0 Å². The molecule has 1 aromatic heterocycles. The Labute approximate surface area is 89.5 Å². The summed E-state index contributed by atoms with van der Waals surface area (Å²) in [6, 6.07) is 1.94. The van der Waals surface area contributed by atoms with E-state index in [0.717, 1.165) is 23.3 Å². The maximum absolute atomic E-state index is 10.6. The van der Waals surface area contributed by atoms with Gasteiger partial charge in [0.25, 0.3) is 0 Å². The zero-order valence-corrected chi connectivity index (χ0v) is 10.0. The van der Waals surface area contributed by atoms with Crippen molar-refractivity contribution >= 4 is 23.3 Å². The van der Waals surface area contributed by atoms with Crippen molar-refractivity contribution in [2.45, 2.75) is 32.7 Å². The summed E-state index contributed by atoms with van der Waals surface area (Å²) in [6.45, 7) is 6.57. The number of hydrogen-bond donors (Lipinski definition) is 0. The van der Waals surface area contributed by atoms with Crippen LogP contribution in [0.1, 0.15) is 36.9 Å². The Morgan fingerprint density at radius 2 is 2.21 bits per heavy atom. The number of rotatable bonds is 4. The predicted octanol–water partition coefficient (Wildman–Crippen LogP) is 3.19. The molecule has 0 N–H and O–H groups in total. The van der Waals surface area contributed by atoms with Crippen molar-refractivity contribution in [3.05, 3.63) is 16.3 Å². The average Bonchev–Trinajstić information content (AvgIpc) is 2.64. The van der Waals surface area contributed by atoms with Gasteiger partial charge in [-0.2, -0.15) is 0 Å². The van der Waals surface area contributed by atoms with Crippen LogP contribution in [-0.4, -0.2) is 18.9 Å². The second kappa shape index (κ2) is 4.13. The third-order valence-electron chi connectivity index (χ3n) is 2.88. The van der Waals surface area contributed by atoms with Crippen molar-refractivity contribution in [3.63, 3.8) is 0 Å². The van der Waals surface area contributed by atoms with E-state index < -0.39 is 0 Å². The SMILES string of the molecule is CCC(C)(C)N(C)c1csc(C=O)c1. The predicted molar refractivity (Wildman–Crippen MR) is 62.5 cm³/mol. The number of carbonyl (C=O) groups is 1. The summed E-state index contributed by atoms with van der Waals surface area (Å²) in [7, 11) is 2.07. The summed E-state index contributed by atoms with van der Waals surface area (Å²) < 4.78 is 0. The fourth-order valence-corrected chi connectivity index (χ4v) is 1.89. The lowest BCUT2D eigenvalue weighted by atomic mass is 10.00. The van der Waals surface area contributed by atoms with E-state index in [2.05, 4.69) is 32.7 Å². The van der Waals surface area contributed by atoms with Gasteiger partial charge >= 0.3 is 0 Å². The molecule has 0 aliphatic rings. The fourth-order valence-electron chi connectivity index (χ4n) is 1.17. The highest BCUT2D eigenvalue weighted by Crippen LogP contribution is 2.28. The molecule has 0 radical (unpaired) electrons. The van der Waals surface area contributed by atoms with Gasteiger partial charge in [-0.1, -0.05) is 6.92 Å². The average molecular weight is 211 g/mol. The van der Waals surface area contributed by atoms with E-state index in [1.807, 2.05) is 11.4 Å². The topological polar surface area (TPSA) is 20.3 Å². The van der Waals surface area contributed by atoms with Crippen LogP contribution >= 0.6 is 11.3 Å². The molecule has 0 unspecified atom stereocenters. The van der Waals surface area contributed by atoms with Gasteiger partial charge in [-0.25, -0.2) is 0 Å². The zero-order chi connectivity index (χ0) is 10.8. The van der Waals surface area contributed by atoms with Crippen LogP contribution in [-0.2, 0) is 0 Å². The minimum absolute atomic E-state index is 0.140. The highest BCUT2D eigenvalue weighted by Gasteiger charge is 2.21. The lowest BCUT2D eigenvalue weighted by Crippen LogP contribution is -2.40. The molecule has 3 heteroatoms. The van der Waals surface area contributed by atoms with Gasteiger partial charge < -0.3 is 4.90 Å². The first-order valence-corrected chi connectivity index (χ1v) is 5.66. The number of aldehydes is 1. The first kappa shape index (κ1) is 11.2. The minimum Gasteiger partial charge on any atom is -0.369 e. The summed E-state index contributed by atoms with van der Waals surface area (Å²) in [5.74, 6) is 0. The summed E-state index contributed by atoms with van der Waals surface area (Å²) in [5.41, 5.74) is 1.27. The van der Waals surface area contributed by atoms with Crippen molar-refractivity contribution < 1.29 is 4.79 Å². The zero-order valence-electron chi connectivity index (χ0n) is 9.20. The Kier molecular flexibility index (Phi) is 3.32. The molecular formula is C11H17NOS. The number of nitrogens with zero attached hydrogens (tertiary/aromatic N) is 1. The molecule has 1 heterocycles. The molecule has 0 amide bonds. The first-order chi connectivity index (χ1) is 6.51. The maximum atomic E-state index is 10.6. The molecule has 14 heavy (non-hydrogen) atoms. The first-order valence-electron chi connectivity index (χ1n) is 4.79. The van der Waals surface area contributed by atoms with Crippen LogP contribution < -0.4 is 4.90 Å². The molecule has 0 fully saturated rings. The Bertz CT molecular complexity index is 317. The van der Waals surface area contributed by atoms with Gasteiger partial charge in [0.2, 0.25) is 0 Å². The van der Waals surface area contributed by atoms with Crippen LogP contribution in [0.4, 0.5) is 5.69 Å². The van der Waals surface area contributed by atoms with E-state index in [-0.39, 0.29) is 5.54 Å². The Balaban J connectivity index is 2.88. The van der Waals surface area contributed by atoms with Crippen LogP contribution in [0.3, 0.4) is 0 Å². The number of thiophene rings is 1. The molecule has 1 rings (SSSR count). The molecule has 0 spiro atoms. The number of anilines is 1. The van der Waals surface area contributed by atoms with E-state index in [9.17, 15) is 4.79 Å². The van der Waals surface area contributed by atoms with Crippen LogP contribution in [0.25, 0.3) is 0 Å². The van der Waals surface area contributed by atoms with E-state index in [0.29, 0.717) is 0 Å². The summed E-state index contributed by atoms with van der Waals surface area (Å²) in [4.78, 5) is 13.6. The van der Waals surface area contributed by atoms with Crippen LogP contribution in [0.2, 0.25) is 0 Å². The number of hydrogen-bond acceptors (Lipinski definition) is 3. The minimum atomic E-state index is 0.140.